The minimum absolute atomic E-state index is 0.139. The van der Waals surface area contributed by atoms with E-state index >= 15 is 0 Å². The molecule has 9 heteroatoms. The zero-order valence-electron chi connectivity index (χ0n) is 7.91. The van der Waals surface area contributed by atoms with Crippen molar-refractivity contribution in [3.05, 3.63) is 24.3 Å². The maximum Gasteiger partial charge on any atom is 0.414 e. The van der Waals surface area contributed by atoms with Crippen LogP contribution >= 0.6 is 34.0 Å². The van der Waals surface area contributed by atoms with Gasteiger partial charge in [-0.25, -0.2) is 8.42 Å². The zero-order valence-corrected chi connectivity index (χ0v) is 11.1. The van der Waals surface area contributed by atoms with E-state index in [-0.39, 0.29) is 21.6 Å². The van der Waals surface area contributed by atoms with Crippen LogP contribution in [0.1, 0.15) is 0 Å². The van der Waals surface area contributed by atoms with Gasteiger partial charge < -0.3 is 0 Å². The van der Waals surface area contributed by atoms with Crippen molar-refractivity contribution in [1.29, 1.82) is 0 Å². The predicted octanol–water partition coefficient (Wildman–Crippen LogP) is 3.83. The van der Waals surface area contributed by atoms with Gasteiger partial charge in [-0.1, -0.05) is 23.9 Å². The fraction of sp³-hybridized carbons (Fsp3) is 0.250. The maximum atomic E-state index is 12.2. The van der Waals surface area contributed by atoms with Gasteiger partial charge in [-0.3, -0.25) is 0 Å². The Bertz CT molecular complexity index is 502. The summed E-state index contributed by atoms with van der Waals surface area (Å²) in [6.07, 6.45) is -4.63. The molecular weight excluding hydrogens is 320 g/mol. The lowest BCUT2D eigenvalue weighted by Gasteiger charge is -2.14. The largest absolute Gasteiger partial charge is 0.414 e. The molecule has 0 aliphatic heterocycles. The quantitative estimate of drug-likeness (QED) is 0.481. The van der Waals surface area contributed by atoms with Crippen LogP contribution in [-0.4, -0.2) is 19.3 Å². The molecule has 0 saturated carbocycles. The third kappa shape index (κ3) is 4.24. The Labute approximate surface area is 110 Å². The molecule has 1 aromatic rings. The van der Waals surface area contributed by atoms with Gasteiger partial charge in [-0.2, -0.15) is 13.2 Å². The fourth-order valence-corrected chi connectivity index (χ4v) is 3.48. The number of hydrogen-bond donors (Lipinski definition) is 0. The van der Waals surface area contributed by atoms with E-state index in [1.54, 1.807) is 0 Å². The first-order chi connectivity index (χ1) is 7.62. The Morgan fingerprint density at radius 2 is 1.76 bits per heavy atom. The molecule has 17 heavy (non-hydrogen) atoms. The molecule has 1 atom stereocenters. The highest BCUT2D eigenvalue weighted by atomic mass is 35.7. The minimum Gasteiger partial charge on any atom is -0.207 e. The first kappa shape index (κ1) is 14.9. The Hall–Kier alpha value is -0.110. The minimum atomic E-state index is -4.63. The molecule has 0 bridgehead atoms. The van der Waals surface area contributed by atoms with Gasteiger partial charge >= 0.3 is 6.18 Å². The summed E-state index contributed by atoms with van der Waals surface area (Å²) in [5.41, 5.74) is 0. The summed E-state index contributed by atoms with van der Waals surface area (Å²) in [7, 11) is 0.997. The molecule has 0 aromatic heterocycles. The van der Waals surface area contributed by atoms with E-state index in [4.69, 9.17) is 22.3 Å². The summed E-state index contributed by atoms with van der Waals surface area (Å²) >= 11 is 5.29. The van der Waals surface area contributed by atoms with E-state index in [0.717, 1.165) is 6.07 Å². The van der Waals surface area contributed by atoms with Gasteiger partial charge in [0, 0.05) is 15.6 Å². The Morgan fingerprint density at radius 1 is 1.24 bits per heavy atom. The SMILES string of the molecule is O=S(=O)(Cl)c1ccccc1SC(Cl)C(F)(F)F. The molecule has 0 spiro atoms. The van der Waals surface area contributed by atoms with E-state index in [2.05, 4.69) is 0 Å². The lowest BCUT2D eigenvalue weighted by molar-refractivity contribution is -0.113. The predicted molar refractivity (Wildman–Crippen MR) is 61.0 cm³/mol. The highest BCUT2D eigenvalue weighted by molar-refractivity contribution is 8.14. The van der Waals surface area contributed by atoms with Crippen molar-refractivity contribution in [2.24, 2.45) is 0 Å². The average Bonchev–Trinajstić information content (AvgIpc) is 2.15. The molecule has 2 nitrogen and oxygen atoms in total. The molecule has 0 heterocycles. The van der Waals surface area contributed by atoms with E-state index in [9.17, 15) is 21.6 Å². The van der Waals surface area contributed by atoms with Crippen molar-refractivity contribution < 1.29 is 21.6 Å². The van der Waals surface area contributed by atoms with Gasteiger partial charge in [0.2, 0.25) is 0 Å². The van der Waals surface area contributed by atoms with E-state index < -0.39 is 19.9 Å². The molecule has 0 aliphatic carbocycles. The maximum absolute atomic E-state index is 12.2. The number of halogens is 5. The van der Waals surface area contributed by atoms with Crippen molar-refractivity contribution in [2.75, 3.05) is 0 Å². The molecule has 0 fully saturated rings. The van der Waals surface area contributed by atoms with Gasteiger partial charge in [0.1, 0.15) is 0 Å². The van der Waals surface area contributed by atoms with Crippen LogP contribution < -0.4 is 0 Å². The Balaban J connectivity index is 3.09. The van der Waals surface area contributed by atoms with Crippen LogP contribution in [0, 0.1) is 0 Å². The number of hydrogen-bond acceptors (Lipinski definition) is 3. The van der Waals surface area contributed by atoms with Crippen LogP contribution in [0.2, 0.25) is 0 Å². The molecule has 0 N–H and O–H groups in total. The second-order valence-electron chi connectivity index (χ2n) is 2.86. The normalized spacial score (nSPS) is 14.6. The lowest BCUT2D eigenvalue weighted by Crippen LogP contribution is -2.19. The molecule has 0 amide bonds. The highest BCUT2D eigenvalue weighted by Crippen LogP contribution is 2.40. The van der Waals surface area contributed by atoms with Gasteiger partial charge in [0.25, 0.3) is 9.05 Å². The van der Waals surface area contributed by atoms with Crippen molar-refractivity contribution in [1.82, 2.24) is 0 Å². The van der Waals surface area contributed by atoms with Gasteiger partial charge in [-0.15, -0.1) is 11.6 Å². The Kier molecular flexibility index (Phi) is 4.62. The van der Waals surface area contributed by atoms with Crippen LogP contribution in [-0.2, 0) is 9.05 Å². The van der Waals surface area contributed by atoms with Crippen LogP contribution in [0.15, 0.2) is 34.1 Å². The molecule has 1 rings (SSSR count). The van der Waals surface area contributed by atoms with E-state index in [0.29, 0.717) is 0 Å². The van der Waals surface area contributed by atoms with Gasteiger partial charge in [0.05, 0.1) is 4.90 Å². The number of thioether (sulfide) groups is 1. The zero-order chi connectivity index (χ0) is 13.3. The van der Waals surface area contributed by atoms with Crippen molar-refractivity contribution in [3.63, 3.8) is 0 Å². The summed E-state index contributed by atoms with van der Waals surface area (Å²) in [5, 5.41) is 0. The molecule has 96 valence electrons. The molecular formula is C8H5Cl2F3O2S2. The van der Waals surface area contributed by atoms with Crippen LogP contribution in [0.25, 0.3) is 0 Å². The van der Waals surface area contributed by atoms with Crippen molar-refractivity contribution in [3.8, 4) is 0 Å². The smallest absolute Gasteiger partial charge is 0.207 e. The first-order valence-electron chi connectivity index (χ1n) is 4.03. The van der Waals surface area contributed by atoms with Crippen LogP contribution in [0.3, 0.4) is 0 Å². The molecule has 1 unspecified atom stereocenters. The van der Waals surface area contributed by atoms with Gasteiger partial charge in [0.15, 0.2) is 4.71 Å². The van der Waals surface area contributed by atoms with E-state index in [1.165, 1.54) is 18.2 Å². The summed E-state index contributed by atoms with van der Waals surface area (Å²) in [4.78, 5) is -0.526. The molecule has 0 radical (unpaired) electrons. The highest BCUT2D eigenvalue weighted by Gasteiger charge is 2.39. The third-order valence-electron chi connectivity index (χ3n) is 1.60. The number of benzene rings is 1. The second-order valence-corrected chi connectivity index (χ2v) is 7.24. The van der Waals surface area contributed by atoms with E-state index in [1.807, 2.05) is 0 Å². The standard InChI is InChI=1S/C8H5Cl2F3O2S2/c9-7(8(11,12)13)16-5-3-1-2-4-6(5)17(10,14)15/h1-4,7H. The number of rotatable bonds is 3. The fourth-order valence-electron chi connectivity index (χ4n) is 0.927. The average molecular weight is 325 g/mol. The topological polar surface area (TPSA) is 34.1 Å². The van der Waals surface area contributed by atoms with Gasteiger partial charge in [-0.05, 0) is 12.1 Å². The molecule has 0 aliphatic rings. The summed E-state index contributed by atoms with van der Waals surface area (Å²) < 4.78 is 56.7. The molecule has 1 aromatic carbocycles. The van der Waals surface area contributed by atoms with Crippen LogP contribution in [0.4, 0.5) is 13.2 Å². The van der Waals surface area contributed by atoms with Crippen molar-refractivity contribution >= 4 is 43.1 Å². The third-order valence-corrected chi connectivity index (χ3v) is 4.71. The second kappa shape index (κ2) is 5.26. The lowest BCUT2D eigenvalue weighted by atomic mass is 10.4. The number of alkyl halides is 4. The summed E-state index contributed by atoms with van der Waals surface area (Å²) in [5.74, 6) is 0. The Morgan fingerprint density at radius 3 is 2.24 bits per heavy atom. The van der Waals surface area contributed by atoms with Crippen LogP contribution in [0.5, 0.6) is 0 Å². The summed E-state index contributed by atoms with van der Waals surface area (Å²) in [6, 6.07) is 5.08. The molecule has 0 saturated heterocycles. The monoisotopic (exact) mass is 324 g/mol. The summed E-state index contributed by atoms with van der Waals surface area (Å²) in [6.45, 7) is 0. The van der Waals surface area contributed by atoms with Crippen molar-refractivity contribution in [2.45, 2.75) is 20.7 Å². The first-order valence-corrected chi connectivity index (χ1v) is 7.66.